The van der Waals surface area contributed by atoms with Gasteiger partial charge in [0.05, 0.1) is 0 Å². The molecule has 0 aromatic rings. The van der Waals surface area contributed by atoms with Crippen LogP contribution in [0.15, 0.2) is 0 Å². The van der Waals surface area contributed by atoms with Crippen molar-refractivity contribution in [1.29, 1.82) is 0 Å². The van der Waals surface area contributed by atoms with Crippen molar-refractivity contribution in [2.45, 2.75) is 20.3 Å². The highest BCUT2D eigenvalue weighted by Gasteiger charge is 2.42. The van der Waals surface area contributed by atoms with Gasteiger partial charge in [-0.1, -0.05) is 13.8 Å². The average molecular weight is 212 g/mol. The van der Waals surface area contributed by atoms with Crippen LogP contribution in [0.4, 0.5) is 4.79 Å². The van der Waals surface area contributed by atoms with Crippen molar-refractivity contribution in [2.24, 2.45) is 11.8 Å². The molecule has 0 atom stereocenters. The molecule has 0 bridgehead atoms. The number of barbiturate groups is 1. The maximum atomic E-state index is 11.7. The number of carbonyl (C=O) groups excluding carboxylic acids is 3. The molecule has 5 nitrogen and oxygen atoms in total. The summed E-state index contributed by atoms with van der Waals surface area (Å²) in [5, 5.41) is 0. The van der Waals surface area contributed by atoms with E-state index in [1.165, 1.54) is 14.1 Å². The van der Waals surface area contributed by atoms with Crippen LogP contribution < -0.4 is 0 Å². The predicted molar refractivity (Wildman–Crippen MR) is 53.9 cm³/mol. The van der Waals surface area contributed by atoms with E-state index in [-0.39, 0.29) is 5.92 Å². The number of carbonyl (C=O) groups is 3. The molecule has 1 fully saturated rings. The Morgan fingerprint density at radius 1 is 1.07 bits per heavy atom. The Morgan fingerprint density at radius 3 is 1.80 bits per heavy atom. The van der Waals surface area contributed by atoms with Crippen LogP contribution in [-0.2, 0) is 9.59 Å². The topological polar surface area (TPSA) is 57.7 Å². The highest BCUT2D eigenvalue weighted by Crippen LogP contribution is 2.21. The lowest BCUT2D eigenvalue weighted by Crippen LogP contribution is -2.57. The zero-order chi connectivity index (χ0) is 11.7. The van der Waals surface area contributed by atoms with Gasteiger partial charge in [-0.2, -0.15) is 0 Å². The molecule has 0 aromatic heterocycles. The summed E-state index contributed by atoms with van der Waals surface area (Å²) in [5.74, 6) is -1.23. The summed E-state index contributed by atoms with van der Waals surface area (Å²) >= 11 is 0. The maximum Gasteiger partial charge on any atom is 0.332 e. The first-order chi connectivity index (χ1) is 6.86. The Labute approximate surface area is 89.0 Å². The number of amides is 4. The first kappa shape index (κ1) is 11.7. The second-order valence-corrected chi connectivity index (χ2v) is 4.26. The van der Waals surface area contributed by atoms with Crippen LogP contribution >= 0.6 is 0 Å². The van der Waals surface area contributed by atoms with Gasteiger partial charge >= 0.3 is 6.03 Å². The van der Waals surface area contributed by atoms with E-state index >= 15 is 0 Å². The van der Waals surface area contributed by atoms with E-state index in [1.54, 1.807) is 0 Å². The van der Waals surface area contributed by atoms with Crippen molar-refractivity contribution >= 4 is 17.8 Å². The molecule has 4 amide bonds. The number of nitrogens with zero attached hydrogens (tertiary/aromatic N) is 2. The molecule has 0 saturated carbocycles. The molecule has 1 aliphatic rings. The lowest BCUT2D eigenvalue weighted by atomic mass is 9.93. The summed E-state index contributed by atoms with van der Waals surface area (Å²) in [6.45, 7) is 3.88. The average Bonchev–Trinajstić information content (AvgIpc) is 2.18. The second-order valence-electron chi connectivity index (χ2n) is 4.26. The molecular weight excluding hydrogens is 196 g/mol. The standard InChI is InChI=1S/C10H16N2O3/c1-6(2)5-7-8(13)11(3)10(15)12(4)9(7)14/h6-7H,5H2,1-4H3. The van der Waals surface area contributed by atoms with Crippen LogP contribution in [0.3, 0.4) is 0 Å². The number of urea groups is 1. The SMILES string of the molecule is CC(C)CC1C(=O)N(C)C(=O)N(C)C1=O. The fourth-order valence-corrected chi connectivity index (χ4v) is 1.66. The third-order valence-corrected chi connectivity index (χ3v) is 2.54. The fraction of sp³-hybridized carbons (Fsp3) is 0.700. The van der Waals surface area contributed by atoms with Gasteiger partial charge in [0.15, 0.2) is 0 Å². The van der Waals surface area contributed by atoms with Crippen LogP contribution in [0.1, 0.15) is 20.3 Å². The third kappa shape index (κ3) is 2.00. The summed E-state index contributed by atoms with van der Waals surface area (Å²) in [4.78, 5) is 36.8. The minimum Gasteiger partial charge on any atom is -0.273 e. The van der Waals surface area contributed by atoms with Gasteiger partial charge in [-0.15, -0.1) is 0 Å². The second kappa shape index (κ2) is 4.00. The molecular formula is C10H16N2O3. The molecule has 1 saturated heterocycles. The molecule has 1 aliphatic heterocycles. The molecule has 0 aromatic carbocycles. The van der Waals surface area contributed by atoms with E-state index in [0.717, 1.165) is 9.80 Å². The molecule has 0 radical (unpaired) electrons. The van der Waals surface area contributed by atoms with Crippen LogP contribution in [-0.4, -0.2) is 41.7 Å². The van der Waals surface area contributed by atoms with Gasteiger partial charge in [-0.25, -0.2) is 4.79 Å². The Balaban J connectivity index is 2.92. The minimum absolute atomic E-state index is 0.248. The zero-order valence-electron chi connectivity index (χ0n) is 9.48. The van der Waals surface area contributed by atoms with Gasteiger partial charge in [0.2, 0.25) is 11.8 Å². The predicted octanol–water partition coefficient (Wildman–Crippen LogP) is 0.699. The monoisotopic (exact) mass is 212 g/mol. The first-order valence-corrected chi connectivity index (χ1v) is 4.95. The summed E-state index contributed by atoms with van der Waals surface area (Å²) in [7, 11) is 2.81. The van der Waals surface area contributed by atoms with Crippen molar-refractivity contribution < 1.29 is 14.4 Å². The first-order valence-electron chi connectivity index (χ1n) is 4.95. The summed E-state index contributed by atoms with van der Waals surface area (Å²) in [6.07, 6.45) is 0.486. The molecule has 0 aliphatic carbocycles. The Bertz CT molecular complexity index is 288. The number of hydrogen-bond acceptors (Lipinski definition) is 3. The molecule has 84 valence electrons. The lowest BCUT2D eigenvalue weighted by Gasteiger charge is -2.33. The highest BCUT2D eigenvalue weighted by atomic mass is 16.2. The van der Waals surface area contributed by atoms with E-state index in [9.17, 15) is 14.4 Å². The van der Waals surface area contributed by atoms with Gasteiger partial charge in [-0.05, 0) is 12.3 Å². The zero-order valence-corrected chi connectivity index (χ0v) is 9.48. The van der Waals surface area contributed by atoms with Crippen LogP contribution in [0.25, 0.3) is 0 Å². The normalized spacial score (nSPS) is 19.4. The van der Waals surface area contributed by atoms with E-state index in [1.807, 2.05) is 13.8 Å². The van der Waals surface area contributed by atoms with Crippen molar-refractivity contribution in [3.8, 4) is 0 Å². The third-order valence-electron chi connectivity index (χ3n) is 2.54. The molecule has 15 heavy (non-hydrogen) atoms. The number of rotatable bonds is 2. The number of hydrogen-bond donors (Lipinski definition) is 0. The largest absolute Gasteiger partial charge is 0.332 e. The maximum absolute atomic E-state index is 11.7. The van der Waals surface area contributed by atoms with E-state index < -0.39 is 23.8 Å². The molecule has 1 heterocycles. The summed E-state index contributed by atoms with van der Waals surface area (Å²) in [6, 6.07) is -0.551. The fourth-order valence-electron chi connectivity index (χ4n) is 1.66. The Hall–Kier alpha value is -1.39. The van der Waals surface area contributed by atoms with Crippen LogP contribution in [0, 0.1) is 11.8 Å². The van der Waals surface area contributed by atoms with Crippen LogP contribution in [0.2, 0.25) is 0 Å². The molecule has 5 heteroatoms. The molecule has 0 N–H and O–H groups in total. The van der Waals surface area contributed by atoms with Crippen molar-refractivity contribution in [3.63, 3.8) is 0 Å². The van der Waals surface area contributed by atoms with Crippen molar-refractivity contribution in [1.82, 2.24) is 9.80 Å². The molecule has 0 unspecified atom stereocenters. The number of imide groups is 2. The van der Waals surface area contributed by atoms with Gasteiger partial charge in [0, 0.05) is 14.1 Å². The Kier molecular flexibility index (Phi) is 3.12. The Morgan fingerprint density at radius 2 is 1.47 bits per heavy atom. The summed E-state index contributed by atoms with van der Waals surface area (Å²) in [5.41, 5.74) is 0. The molecule has 1 rings (SSSR count). The van der Waals surface area contributed by atoms with Gasteiger partial charge in [0.1, 0.15) is 5.92 Å². The molecule has 0 spiro atoms. The van der Waals surface area contributed by atoms with Crippen LogP contribution in [0.5, 0.6) is 0 Å². The van der Waals surface area contributed by atoms with Gasteiger partial charge in [0.25, 0.3) is 0 Å². The van der Waals surface area contributed by atoms with Crippen molar-refractivity contribution in [2.75, 3.05) is 14.1 Å². The highest BCUT2D eigenvalue weighted by molar-refractivity contribution is 6.15. The minimum atomic E-state index is -0.697. The summed E-state index contributed by atoms with van der Waals surface area (Å²) < 4.78 is 0. The van der Waals surface area contributed by atoms with E-state index in [4.69, 9.17) is 0 Å². The van der Waals surface area contributed by atoms with Crippen molar-refractivity contribution in [3.05, 3.63) is 0 Å². The quantitative estimate of drug-likeness (QED) is 0.633. The smallest absolute Gasteiger partial charge is 0.273 e. The van der Waals surface area contributed by atoms with E-state index in [2.05, 4.69) is 0 Å². The van der Waals surface area contributed by atoms with E-state index in [0.29, 0.717) is 6.42 Å². The van der Waals surface area contributed by atoms with Gasteiger partial charge < -0.3 is 0 Å². The lowest BCUT2D eigenvalue weighted by molar-refractivity contribution is -0.148. The van der Waals surface area contributed by atoms with Gasteiger partial charge in [-0.3, -0.25) is 19.4 Å².